The molecule has 0 aliphatic heterocycles. The standard InChI is InChI=1S/C24H27N3O3S/c1-24(2,3)17-6-12-21(13-7-17)31-16-22(28)26-18-8-10-19(11-9-18)27-23(29)25-15-20-5-4-14-30-20/h4-14H,15-16H2,1-3H3,(H,26,28)(H2,25,27,29). The average Bonchev–Trinajstić information content (AvgIpc) is 3.26. The molecular formula is C24H27N3O3S. The summed E-state index contributed by atoms with van der Waals surface area (Å²) in [4.78, 5) is 25.2. The molecule has 0 saturated heterocycles. The number of hydrogen-bond donors (Lipinski definition) is 3. The fraction of sp³-hybridized carbons (Fsp3) is 0.250. The highest BCUT2D eigenvalue weighted by Gasteiger charge is 2.13. The topological polar surface area (TPSA) is 83.4 Å². The van der Waals surface area contributed by atoms with Crippen molar-refractivity contribution in [3.05, 3.63) is 78.3 Å². The molecule has 0 atom stereocenters. The minimum absolute atomic E-state index is 0.0817. The Labute approximate surface area is 186 Å². The van der Waals surface area contributed by atoms with E-state index in [1.54, 1.807) is 42.7 Å². The largest absolute Gasteiger partial charge is 0.467 e. The van der Waals surface area contributed by atoms with Gasteiger partial charge in [0.25, 0.3) is 0 Å². The first kappa shape index (κ1) is 22.5. The van der Waals surface area contributed by atoms with Crippen molar-refractivity contribution in [3.8, 4) is 0 Å². The Bertz CT molecular complexity index is 992. The summed E-state index contributed by atoms with van der Waals surface area (Å²) in [5.41, 5.74) is 2.69. The van der Waals surface area contributed by atoms with Crippen LogP contribution in [0.5, 0.6) is 0 Å². The number of hydrogen-bond acceptors (Lipinski definition) is 4. The number of amides is 3. The van der Waals surface area contributed by atoms with Gasteiger partial charge in [0.1, 0.15) is 5.76 Å². The van der Waals surface area contributed by atoms with Crippen molar-refractivity contribution >= 4 is 35.1 Å². The van der Waals surface area contributed by atoms with E-state index in [0.29, 0.717) is 29.4 Å². The zero-order valence-electron chi connectivity index (χ0n) is 17.9. The second-order valence-electron chi connectivity index (χ2n) is 8.08. The Kier molecular flexibility index (Phi) is 7.41. The van der Waals surface area contributed by atoms with Crippen LogP contribution in [0.15, 0.2) is 76.2 Å². The molecule has 3 aromatic rings. The van der Waals surface area contributed by atoms with E-state index >= 15 is 0 Å². The Morgan fingerprint density at radius 3 is 2.13 bits per heavy atom. The quantitative estimate of drug-likeness (QED) is 0.418. The van der Waals surface area contributed by atoms with Gasteiger partial charge in [-0.3, -0.25) is 4.79 Å². The van der Waals surface area contributed by atoms with Crippen molar-refractivity contribution in [2.45, 2.75) is 37.6 Å². The van der Waals surface area contributed by atoms with Crippen LogP contribution in [0.25, 0.3) is 0 Å². The molecular weight excluding hydrogens is 410 g/mol. The highest BCUT2D eigenvalue weighted by Crippen LogP contribution is 2.25. The zero-order valence-corrected chi connectivity index (χ0v) is 18.7. The lowest BCUT2D eigenvalue weighted by molar-refractivity contribution is -0.113. The normalized spacial score (nSPS) is 11.1. The maximum Gasteiger partial charge on any atom is 0.319 e. The van der Waals surface area contributed by atoms with E-state index in [9.17, 15) is 9.59 Å². The molecule has 0 aliphatic rings. The monoisotopic (exact) mass is 437 g/mol. The van der Waals surface area contributed by atoms with Gasteiger partial charge < -0.3 is 20.4 Å². The van der Waals surface area contributed by atoms with E-state index in [4.69, 9.17) is 4.42 Å². The van der Waals surface area contributed by atoms with Crippen molar-refractivity contribution in [1.29, 1.82) is 0 Å². The zero-order chi connectivity index (χ0) is 22.3. The molecule has 1 aromatic heterocycles. The van der Waals surface area contributed by atoms with E-state index in [1.165, 1.54) is 17.3 Å². The van der Waals surface area contributed by atoms with E-state index in [0.717, 1.165) is 4.90 Å². The lowest BCUT2D eigenvalue weighted by Crippen LogP contribution is -2.27. The molecule has 7 heteroatoms. The summed E-state index contributed by atoms with van der Waals surface area (Å²) in [6.45, 7) is 6.84. The number of carbonyl (C=O) groups excluding carboxylic acids is 2. The summed E-state index contributed by atoms with van der Waals surface area (Å²) >= 11 is 1.50. The summed E-state index contributed by atoms with van der Waals surface area (Å²) in [7, 11) is 0. The predicted molar refractivity (Wildman–Crippen MR) is 126 cm³/mol. The van der Waals surface area contributed by atoms with Crippen molar-refractivity contribution in [2.75, 3.05) is 16.4 Å². The second kappa shape index (κ2) is 10.2. The van der Waals surface area contributed by atoms with Crippen molar-refractivity contribution in [3.63, 3.8) is 0 Å². The number of anilines is 2. The Morgan fingerprint density at radius 2 is 1.55 bits per heavy atom. The molecule has 3 rings (SSSR count). The van der Waals surface area contributed by atoms with Gasteiger partial charge in [-0.2, -0.15) is 0 Å². The van der Waals surface area contributed by atoms with Gasteiger partial charge in [0.05, 0.1) is 18.6 Å². The second-order valence-corrected chi connectivity index (χ2v) is 9.12. The van der Waals surface area contributed by atoms with Gasteiger partial charge >= 0.3 is 6.03 Å². The average molecular weight is 438 g/mol. The van der Waals surface area contributed by atoms with Crippen LogP contribution >= 0.6 is 11.8 Å². The SMILES string of the molecule is CC(C)(C)c1ccc(SCC(=O)Nc2ccc(NC(=O)NCc3ccco3)cc2)cc1. The lowest BCUT2D eigenvalue weighted by Gasteiger charge is -2.19. The first-order chi connectivity index (χ1) is 14.8. The van der Waals surface area contributed by atoms with Crippen LogP contribution in [-0.4, -0.2) is 17.7 Å². The minimum Gasteiger partial charge on any atom is -0.467 e. The molecule has 0 fully saturated rings. The van der Waals surface area contributed by atoms with Crippen LogP contribution in [-0.2, 0) is 16.8 Å². The first-order valence-electron chi connectivity index (χ1n) is 10.00. The van der Waals surface area contributed by atoms with Crippen LogP contribution in [0.4, 0.5) is 16.2 Å². The summed E-state index contributed by atoms with van der Waals surface area (Å²) in [5, 5.41) is 8.32. The minimum atomic E-state index is -0.331. The van der Waals surface area contributed by atoms with Crippen molar-refractivity contribution in [2.24, 2.45) is 0 Å². The van der Waals surface area contributed by atoms with Gasteiger partial charge in [-0.15, -0.1) is 11.8 Å². The van der Waals surface area contributed by atoms with Gasteiger partial charge in [0, 0.05) is 16.3 Å². The van der Waals surface area contributed by atoms with Gasteiger partial charge in [-0.05, 0) is 59.5 Å². The fourth-order valence-electron chi connectivity index (χ4n) is 2.79. The van der Waals surface area contributed by atoms with Gasteiger partial charge in [0.15, 0.2) is 0 Å². The molecule has 0 unspecified atom stereocenters. The number of urea groups is 1. The van der Waals surface area contributed by atoms with Crippen LogP contribution < -0.4 is 16.0 Å². The molecule has 0 aliphatic carbocycles. The number of nitrogens with one attached hydrogen (secondary N) is 3. The molecule has 0 spiro atoms. The summed E-state index contributed by atoms with van der Waals surface area (Å²) in [6, 6.07) is 18.5. The molecule has 1 heterocycles. The maximum absolute atomic E-state index is 12.3. The highest BCUT2D eigenvalue weighted by atomic mass is 32.2. The lowest BCUT2D eigenvalue weighted by atomic mass is 9.87. The van der Waals surface area contributed by atoms with E-state index in [1.807, 2.05) is 0 Å². The summed E-state index contributed by atoms with van der Waals surface area (Å²) in [6.07, 6.45) is 1.56. The number of furan rings is 1. The van der Waals surface area contributed by atoms with Crippen molar-refractivity contribution in [1.82, 2.24) is 5.32 Å². The number of carbonyl (C=O) groups is 2. The smallest absolute Gasteiger partial charge is 0.319 e. The number of thioether (sulfide) groups is 1. The highest BCUT2D eigenvalue weighted by molar-refractivity contribution is 8.00. The molecule has 31 heavy (non-hydrogen) atoms. The summed E-state index contributed by atoms with van der Waals surface area (Å²) in [5.74, 6) is 0.919. The number of rotatable bonds is 7. The van der Waals surface area contributed by atoms with Crippen LogP contribution in [0, 0.1) is 0 Å². The van der Waals surface area contributed by atoms with Crippen LogP contribution in [0.3, 0.4) is 0 Å². The number of benzene rings is 2. The van der Waals surface area contributed by atoms with Gasteiger partial charge in [0.2, 0.25) is 5.91 Å². The Hall–Kier alpha value is -3.19. The molecule has 0 bridgehead atoms. The van der Waals surface area contributed by atoms with Crippen LogP contribution in [0.1, 0.15) is 32.1 Å². The van der Waals surface area contributed by atoms with Crippen LogP contribution in [0.2, 0.25) is 0 Å². The van der Waals surface area contributed by atoms with Gasteiger partial charge in [-0.1, -0.05) is 32.9 Å². The van der Waals surface area contributed by atoms with E-state index in [2.05, 4.69) is 61.0 Å². The molecule has 6 nitrogen and oxygen atoms in total. The van der Waals surface area contributed by atoms with Gasteiger partial charge in [-0.25, -0.2) is 4.79 Å². The third-order valence-corrected chi connectivity index (χ3v) is 5.53. The maximum atomic E-state index is 12.3. The molecule has 3 N–H and O–H groups in total. The first-order valence-corrected chi connectivity index (χ1v) is 11.0. The molecule has 162 valence electrons. The fourth-order valence-corrected chi connectivity index (χ4v) is 3.49. The summed E-state index contributed by atoms with van der Waals surface area (Å²) < 4.78 is 5.17. The molecule has 2 aromatic carbocycles. The van der Waals surface area contributed by atoms with E-state index in [-0.39, 0.29) is 17.4 Å². The Balaban J connectivity index is 1.42. The van der Waals surface area contributed by atoms with Crippen molar-refractivity contribution < 1.29 is 14.0 Å². The molecule has 0 saturated carbocycles. The predicted octanol–water partition coefficient (Wildman–Crippen LogP) is 5.63. The molecule has 3 amide bonds. The third kappa shape index (κ3) is 7.22. The Morgan fingerprint density at radius 1 is 0.903 bits per heavy atom. The molecule has 0 radical (unpaired) electrons. The van der Waals surface area contributed by atoms with E-state index < -0.39 is 0 Å². The third-order valence-electron chi connectivity index (χ3n) is 4.52.